The first kappa shape index (κ1) is 11.4. The predicted molar refractivity (Wildman–Crippen MR) is 53.6 cm³/mol. The topological polar surface area (TPSA) is 63.6 Å². The molecule has 0 aromatic heterocycles. The molecule has 0 bridgehead atoms. The molecule has 0 radical (unpaired) electrons. The Kier molecular flexibility index (Phi) is 3.45. The maximum absolute atomic E-state index is 11.6. The third-order valence-electron chi connectivity index (χ3n) is 2.64. The van der Waals surface area contributed by atoms with Crippen LogP contribution in [-0.2, 0) is 14.6 Å². The Morgan fingerprint density at radius 3 is 2.43 bits per heavy atom. The van der Waals surface area contributed by atoms with Gasteiger partial charge in [0.05, 0.1) is 17.0 Å². The minimum absolute atomic E-state index is 0.0642. The maximum Gasteiger partial charge on any atom is 0.235 e. The summed E-state index contributed by atoms with van der Waals surface area (Å²) in [6, 6.07) is -0.417. The maximum atomic E-state index is 11.6. The number of hydrogen-bond donors (Lipinski definition) is 0. The Balaban J connectivity index is 2.94. The molecule has 1 aliphatic heterocycles. The van der Waals surface area contributed by atoms with E-state index < -0.39 is 21.1 Å². The van der Waals surface area contributed by atoms with E-state index in [1.165, 1.54) is 6.08 Å². The van der Waals surface area contributed by atoms with Crippen molar-refractivity contribution >= 4 is 15.9 Å². The molecule has 1 heterocycles. The molecule has 0 N–H and O–H groups in total. The van der Waals surface area contributed by atoms with Crippen LogP contribution in [-0.4, -0.2) is 31.5 Å². The smallest absolute Gasteiger partial charge is 0.228 e. The van der Waals surface area contributed by atoms with Crippen LogP contribution in [0.2, 0.25) is 0 Å². The summed E-state index contributed by atoms with van der Waals surface area (Å²) in [6.07, 6.45) is 2.78. The van der Waals surface area contributed by atoms with Gasteiger partial charge in [-0.1, -0.05) is 13.8 Å². The van der Waals surface area contributed by atoms with E-state index in [1.807, 2.05) is 13.8 Å². The lowest BCUT2D eigenvalue weighted by atomic mass is 9.99. The summed E-state index contributed by atoms with van der Waals surface area (Å²) in [5.41, 5.74) is 0. The van der Waals surface area contributed by atoms with Crippen LogP contribution in [0.1, 0.15) is 26.7 Å². The third-order valence-corrected chi connectivity index (χ3v) is 4.94. The van der Waals surface area contributed by atoms with Crippen molar-refractivity contribution in [3.8, 4) is 0 Å². The molecule has 0 amide bonds. The van der Waals surface area contributed by atoms with Crippen LogP contribution in [0.3, 0.4) is 0 Å². The Bertz CT molecular complexity index is 341. The fourth-order valence-electron chi connectivity index (χ4n) is 1.92. The highest BCUT2D eigenvalue weighted by Crippen LogP contribution is 2.28. The van der Waals surface area contributed by atoms with Crippen molar-refractivity contribution in [2.45, 2.75) is 38.0 Å². The van der Waals surface area contributed by atoms with Gasteiger partial charge in [-0.25, -0.2) is 18.2 Å². The molecule has 0 spiro atoms. The number of nitrogens with zero attached hydrogens (tertiary/aromatic N) is 1. The summed E-state index contributed by atoms with van der Waals surface area (Å²) in [5, 5.41) is -0.469. The number of rotatable bonds is 3. The van der Waals surface area contributed by atoms with Crippen molar-refractivity contribution in [2.75, 3.05) is 5.75 Å². The summed E-state index contributed by atoms with van der Waals surface area (Å²) in [5.74, 6) is 0.296. The lowest BCUT2D eigenvalue weighted by Crippen LogP contribution is -2.33. The van der Waals surface area contributed by atoms with Crippen LogP contribution in [0, 0.1) is 5.92 Å². The SMILES string of the molecule is CC(C)[C@H](N=C=O)[C@@H]1CCCS1(=O)=O. The average molecular weight is 217 g/mol. The van der Waals surface area contributed by atoms with Crippen molar-refractivity contribution in [2.24, 2.45) is 10.9 Å². The zero-order valence-corrected chi connectivity index (χ0v) is 9.25. The van der Waals surface area contributed by atoms with E-state index in [-0.39, 0.29) is 11.7 Å². The number of hydrogen-bond acceptors (Lipinski definition) is 4. The van der Waals surface area contributed by atoms with E-state index in [0.717, 1.165) is 0 Å². The molecule has 0 aromatic carbocycles. The first-order chi connectivity index (χ1) is 6.49. The van der Waals surface area contributed by atoms with Gasteiger partial charge < -0.3 is 0 Å². The Morgan fingerprint density at radius 1 is 1.43 bits per heavy atom. The van der Waals surface area contributed by atoms with Crippen LogP contribution in [0.5, 0.6) is 0 Å². The molecule has 14 heavy (non-hydrogen) atoms. The second kappa shape index (κ2) is 4.24. The van der Waals surface area contributed by atoms with Gasteiger partial charge in [0, 0.05) is 0 Å². The summed E-state index contributed by atoms with van der Waals surface area (Å²) in [7, 11) is -3.03. The highest BCUT2D eigenvalue weighted by Gasteiger charge is 2.38. The molecule has 5 heteroatoms. The molecule has 1 rings (SSSR count). The van der Waals surface area contributed by atoms with Gasteiger partial charge >= 0.3 is 0 Å². The van der Waals surface area contributed by atoms with Crippen LogP contribution < -0.4 is 0 Å². The second-order valence-corrected chi connectivity index (χ2v) is 6.34. The molecule has 4 nitrogen and oxygen atoms in total. The lowest BCUT2D eigenvalue weighted by Gasteiger charge is -2.20. The molecule has 0 saturated carbocycles. The average Bonchev–Trinajstić information content (AvgIpc) is 2.40. The summed E-state index contributed by atoms with van der Waals surface area (Å²) >= 11 is 0. The fraction of sp³-hybridized carbons (Fsp3) is 0.889. The van der Waals surface area contributed by atoms with Gasteiger partial charge in [-0.2, -0.15) is 0 Å². The highest BCUT2D eigenvalue weighted by atomic mass is 32.2. The molecule has 1 fully saturated rings. The molecular weight excluding hydrogens is 202 g/mol. The molecule has 0 aromatic rings. The molecule has 2 atom stereocenters. The molecular formula is C9H15NO3S. The molecule has 80 valence electrons. The Hall–Kier alpha value is -0.670. The number of aliphatic imine (C=N–C) groups is 1. The Morgan fingerprint density at radius 2 is 2.07 bits per heavy atom. The monoisotopic (exact) mass is 217 g/mol. The number of carbonyl (C=O) groups excluding carboxylic acids is 1. The predicted octanol–water partition coefficient (Wildman–Crippen LogP) is 0.924. The summed E-state index contributed by atoms with van der Waals surface area (Å²) in [6.45, 7) is 3.75. The minimum atomic E-state index is -3.03. The lowest BCUT2D eigenvalue weighted by molar-refractivity contribution is 0.452. The van der Waals surface area contributed by atoms with Gasteiger partial charge in [0.1, 0.15) is 0 Å². The number of sulfone groups is 1. The van der Waals surface area contributed by atoms with E-state index in [9.17, 15) is 13.2 Å². The van der Waals surface area contributed by atoms with Gasteiger partial charge in [0.25, 0.3) is 0 Å². The highest BCUT2D eigenvalue weighted by molar-refractivity contribution is 7.92. The van der Waals surface area contributed by atoms with E-state index in [0.29, 0.717) is 12.8 Å². The first-order valence-electron chi connectivity index (χ1n) is 4.77. The molecule has 0 unspecified atom stereocenters. The summed E-state index contributed by atoms with van der Waals surface area (Å²) in [4.78, 5) is 13.8. The zero-order valence-electron chi connectivity index (χ0n) is 8.43. The Labute approximate surface area is 84.3 Å². The van der Waals surface area contributed by atoms with Gasteiger partial charge in [-0.15, -0.1) is 0 Å². The van der Waals surface area contributed by atoms with Crippen molar-refractivity contribution in [1.29, 1.82) is 0 Å². The van der Waals surface area contributed by atoms with Crippen LogP contribution in [0.4, 0.5) is 0 Å². The summed E-state index contributed by atoms with van der Waals surface area (Å²) < 4.78 is 23.2. The van der Waals surface area contributed by atoms with Gasteiger partial charge in [-0.3, -0.25) is 0 Å². The van der Waals surface area contributed by atoms with Crippen molar-refractivity contribution in [3.05, 3.63) is 0 Å². The zero-order chi connectivity index (χ0) is 10.8. The van der Waals surface area contributed by atoms with Crippen LogP contribution >= 0.6 is 0 Å². The largest absolute Gasteiger partial charge is 0.235 e. The van der Waals surface area contributed by atoms with E-state index >= 15 is 0 Å². The van der Waals surface area contributed by atoms with Crippen LogP contribution in [0.25, 0.3) is 0 Å². The van der Waals surface area contributed by atoms with Crippen LogP contribution in [0.15, 0.2) is 4.99 Å². The van der Waals surface area contributed by atoms with Gasteiger partial charge in [-0.05, 0) is 18.8 Å². The van der Waals surface area contributed by atoms with E-state index in [1.54, 1.807) is 0 Å². The van der Waals surface area contributed by atoms with E-state index in [2.05, 4.69) is 4.99 Å². The fourth-order valence-corrected chi connectivity index (χ4v) is 4.12. The van der Waals surface area contributed by atoms with Gasteiger partial charge in [0.15, 0.2) is 9.84 Å². The van der Waals surface area contributed by atoms with Crippen molar-refractivity contribution < 1.29 is 13.2 Å². The molecule has 1 saturated heterocycles. The van der Waals surface area contributed by atoms with E-state index in [4.69, 9.17) is 0 Å². The van der Waals surface area contributed by atoms with Crippen molar-refractivity contribution in [3.63, 3.8) is 0 Å². The second-order valence-electron chi connectivity index (χ2n) is 4.00. The van der Waals surface area contributed by atoms with Gasteiger partial charge in [0.2, 0.25) is 6.08 Å². The molecule has 0 aliphatic carbocycles. The number of isocyanates is 1. The quantitative estimate of drug-likeness (QED) is 0.521. The van der Waals surface area contributed by atoms with Crippen molar-refractivity contribution in [1.82, 2.24) is 0 Å². The standard InChI is InChI=1S/C9H15NO3S/c1-7(2)9(10-6-11)8-4-3-5-14(8,12)13/h7-9H,3-5H2,1-2H3/t8-,9-/m0/s1. The minimum Gasteiger partial charge on any atom is -0.228 e. The normalized spacial score (nSPS) is 27.2. The molecule has 1 aliphatic rings. The third kappa shape index (κ3) is 2.22. The first-order valence-corrected chi connectivity index (χ1v) is 6.49.